The molecule has 24 heavy (non-hydrogen) atoms. The maximum absolute atomic E-state index is 5.50. The first-order valence-electron chi connectivity index (χ1n) is 8.70. The third-order valence-corrected chi connectivity index (χ3v) is 4.62. The highest BCUT2D eigenvalue weighted by molar-refractivity contribution is 5.79. The normalized spacial score (nSPS) is 17.7. The number of fused-ring (bicyclic) bond motifs is 1. The van der Waals surface area contributed by atoms with Gasteiger partial charge in [-0.2, -0.15) is 0 Å². The topological polar surface area (TPSA) is 64.1 Å². The quantitative estimate of drug-likeness (QED) is 0.433. The third kappa shape index (κ3) is 3.93. The summed E-state index contributed by atoms with van der Waals surface area (Å²) in [6.07, 6.45) is 3.34. The Balaban J connectivity index is 1.50. The predicted octanol–water partition coefficient (Wildman–Crippen LogP) is 2.04. The fourth-order valence-electron chi connectivity index (χ4n) is 2.94. The molecule has 1 aromatic carbocycles. The van der Waals surface area contributed by atoms with E-state index in [0.717, 1.165) is 50.2 Å². The molecular formula is C18H27N3O3. The lowest BCUT2D eigenvalue weighted by Gasteiger charge is -2.19. The van der Waals surface area contributed by atoms with Crippen LogP contribution >= 0.6 is 0 Å². The number of nitrogens with zero attached hydrogens (tertiary/aromatic N) is 1. The number of hydrogen-bond acceptors (Lipinski definition) is 4. The van der Waals surface area contributed by atoms with E-state index in [1.54, 1.807) is 7.05 Å². The summed E-state index contributed by atoms with van der Waals surface area (Å²) in [7, 11) is 1.80. The smallest absolute Gasteiger partial charge is 0.231 e. The Morgan fingerprint density at radius 3 is 2.83 bits per heavy atom. The number of guanidine groups is 1. The molecular weight excluding hydrogens is 306 g/mol. The zero-order valence-electron chi connectivity index (χ0n) is 14.6. The Hall–Kier alpha value is -1.95. The van der Waals surface area contributed by atoms with Gasteiger partial charge in [-0.05, 0) is 43.9 Å². The summed E-state index contributed by atoms with van der Waals surface area (Å²) in [5.74, 6) is 2.55. The molecule has 1 heterocycles. The largest absolute Gasteiger partial charge is 0.454 e. The molecule has 0 saturated heterocycles. The Labute approximate surface area is 143 Å². The van der Waals surface area contributed by atoms with E-state index in [1.807, 2.05) is 13.0 Å². The van der Waals surface area contributed by atoms with Crippen molar-refractivity contribution in [2.45, 2.75) is 31.6 Å². The average Bonchev–Trinajstić information content (AvgIpc) is 3.25. The highest BCUT2D eigenvalue weighted by atomic mass is 16.7. The van der Waals surface area contributed by atoms with E-state index in [4.69, 9.17) is 14.2 Å². The summed E-state index contributed by atoms with van der Waals surface area (Å²) in [6, 6.07) is 6.29. The van der Waals surface area contributed by atoms with Gasteiger partial charge in [-0.3, -0.25) is 4.99 Å². The van der Waals surface area contributed by atoms with Crippen LogP contribution in [0.15, 0.2) is 23.2 Å². The van der Waals surface area contributed by atoms with Crippen molar-refractivity contribution in [1.29, 1.82) is 0 Å². The van der Waals surface area contributed by atoms with Crippen molar-refractivity contribution in [3.8, 4) is 11.5 Å². The molecule has 3 rings (SSSR count). The third-order valence-electron chi connectivity index (χ3n) is 4.62. The van der Waals surface area contributed by atoms with Gasteiger partial charge in [0.1, 0.15) is 0 Å². The molecule has 6 nitrogen and oxygen atoms in total. The van der Waals surface area contributed by atoms with E-state index in [1.165, 1.54) is 18.4 Å². The molecule has 132 valence electrons. The lowest BCUT2D eigenvalue weighted by atomic mass is 9.95. The lowest BCUT2D eigenvalue weighted by molar-refractivity contribution is 0.145. The molecule has 2 N–H and O–H groups in total. The van der Waals surface area contributed by atoms with Crippen LogP contribution in [0.3, 0.4) is 0 Å². The Bertz CT molecular complexity index is 585. The van der Waals surface area contributed by atoms with Crippen LogP contribution in [0, 0.1) is 0 Å². The fourth-order valence-corrected chi connectivity index (χ4v) is 2.94. The van der Waals surface area contributed by atoms with Gasteiger partial charge in [0.25, 0.3) is 0 Å². The molecule has 1 aliphatic heterocycles. The summed E-state index contributed by atoms with van der Waals surface area (Å²) in [5.41, 5.74) is 1.50. The highest BCUT2D eigenvalue weighted by Crippen LogP contribution is 2.49. The standard InChI is InChI=1S/C18H27N3O3/c1-3-22-10-4-9-20-17(19-2)21-12-18(7-8-18)14-5-6-15-16(11-14)24-13-23-15/h5-6,11H,3-4,7-10,12-13H2,1-2H3,(H2,19,20,21). The molecule has 1 aliphatic carbocycles. The monoisotopic (exact) mass is 333 g/mol. The van der Waals surface area contributed by atoms with E-state index in [0.29, 0.717) is 6.79 Å². The molecule has 0 spiro atoms. The van der Waals surface area contributed by atoms with Gasteiger partial charge in [0.2, 0.25) is 6.79 Å². The van der Waals surface area contributed by atoms with Gasteiger partial charge in [-0.1, -0.05) is 6.07 Å². The minimum atomic E-state index is 0.184. The van der Waals surface area contributed by atoms with E-state index < -0.39 is 0 Å². The van der Waals surface area contributed by atoms with Crippen LogP contribution in [-0.2, 0) is 10.2 Å². The molecule has 0 aromatic heterocycles. The summed E-state index contributed by atoms with van der Waals surface area (Å²) >= 11 is 0. The van der Waals surface area contributed by atoms with Crippen LogP contribution < -0.4 is 20.1 Å². The second-order valence-electron chi connectivity index (χ2n) is 6.25. The first kappa shape index (κ1) is 16.9. The minimum absolute atomic E-state index is 0.184. The number of rotatable bonds is 8. The summed E-state index contributed by atoms with van der Waals surface area (Å²) in [6.45, 7) is 5.61. The van der Waals surface area contributed by atoms with Gasteiger partial charge in [-0.15, -0.1) is 0 Å². The van der Waals surface area contributed by atoms with Crippen LogP contribution in [0.25, 0.3) is 0 Å². The number of benzene rings is 1. The Morgan fingerprint density at radius 2 is 2.08 bits per heavy atom. The Morgan fingerprint density at radius 1 is 1.25 bits per heavy atom. The summed E-state index contributed by atoms with van der Waals surface area (Å²) in [4.78, 5) is 4.30. The summed E-state index contributed by atoms with van der Waals surface area (Å²) < 4.78 is 16.2. The van der Waals surface area contributed by atoms with Crippen LogP contribution in [0.1, 0.15) is 31.7 Å². The molecule has 1 aromatic rings. The number of hydrogen-bond donors (Lipinski definition) is 2. The molecule has 0 radical (unpaired) electrons. The molecule has 1 fully saturated rings. The van der Waals surface area contributed by atoms with E-state index in [-0.39, 0.29) is 5.41 Å². The average molecular weight is 333 g/mol. The van der Waals surface area contributed by atoms with Gasteiger partial charge in [0.15, 0.2) is 17.5 Å². The number of nitrogens with one attached hydrogen (secondary N) is 2. The maximum Gasteiger partial charge on any atom is 0.231 e. The van der Waals surface area contributed by atoms with Crippen molar-refractivity contribution in [3.05, 3.63) is 23.8 Å². The van der Waals surface area contributed by atoms with E-state index in [9.17, 15) is 0 Å². The van der Waals surface area contributed by atoms with Crippen molar-refractivity contribution in [3.63, 3.8) is 0 Å². The molecule has 0 atom stereocenters. The molecule has 2 aliphatic rings. The van der Waals surface area contributed by atoms with Gasteiger partial charge in [-0.25, -0.2) is 0 Å². The SMILES string of the molecule is CCOCCCNC(=NC)NCC1(c2ccc3c(c2)OCO3)CC1. The minimum Gasteiger partial charge on any atom is -0.454 e. The number of ether oxygens (including phenoxy) is 3. The van der Waals surface area contributed by atoms with Gasteiger partial charge >= 0.3 is 0 Å². The number of aliphatic imine (C=N–C) groups is 1. The summed E-state index contributed by atoms with van der Waals surface area (Å²) in [5, 5.41) is 6.79. The van der Waals surface area contributed by atoms with Crippen molar-refractivity contribution >= 4 is 5.96 Å². The van der Waals surface area contributed by atoms with Crippen LogP contribution in [0.4, 0.5) is 0 Å². The molecule has 0 amide bonds. The van der Waals surface area contributed by atoms with Crippen LogP contribution in [0.5, 0.6) is 11.5 Å². The van der Waals surface area contributed by atoms with Crippen molar-refractivity contribution in [1.82, 2.24) is 10.6 Å². The second kappa shape index (κ2) is 7.75. The Kier molecular flexibility index (Phi) is 5.45. The van der Waals surface area contributed by atoms with Gasteiger partial charge in [0, 0.05) is 38.8 Å². The first-order chi connectivity index (χ1) is 11.8. The zero-order chi connectivity index (χ0) is 16.8. The molecule has 0 unspecified atom stereocenters. The fraction of sp³-hybridized carbons (Fsp3) is 0.611. The van der Waals surface area contributed by atoms with Crippen LogP contribution in [-0.4, -0.2) is 46.1 Å². The molecule has 6 heteroatoms. The molecule has 1 saturated carbocycles. The van der Waals surface area contributed by atoms with Crippen molar-refractivity contribution < 1.29 is 14.2 Å². The van der Waals surface area contributed by atoms with Gasteiger partial charge in [0.05, 0.1) is 0 Å². The van der Waals surface area contributed by atoms with E-state index in [2.05, 4.69) is 27.8 Å². The van der Waals surface area contributed by atoms with Gasteiger partial charge < -0.3 is 24.8 Å². The van der Waals surface area contributed by atoms with Crippen molar-refractivity contribution in [2.24, 2.45) is 4.99 Å². The van der Waals surface area contributed by atoms with Crippen molar-refractivity contribution in [2.75, 3.05) is 40.1 Å². The van der Waals surface area contributed by atoms with E-state index >= 15 is 0 Å². The van der Waals surface area contributed by atoms with Crippen LogP contribution in [0.2, 0.25) is 0 Å². The first-order valence-corrected chi connectivity index (χ1v) is 8.70. The second-order valence-corrected chi connectivity index (χ2v) is 6.25. The molecule has 0 bridgehead atoms. The zero-order valence-corrected chi connectivity index (χ0v) is 14.6. The highest BCUT2D eigenvalue weighted by Gasteiger charge is 2.44. The predicted molar refractivity (Wildman–Crippen MR) is 94.0 cm³/mol. The maximum atomic E-state index is 5.50. The lowest BCUT2D eigenvalue weighted by Crippen LogP contribution is -2.41.